The molecule has 1 aromatic carbocycles. The third-order valence-corrected chi connectivity index (χ3v) is 1.95. The fraction of sp³-hybridized carbons (Fsp3) is 0.400. The first-order valence-corrected chi connectivity index (χ1v) is 4.20. The van der Waals surface area contributed by atoms with Crippen LogP contribution in [0.15, 0.2) is 18.2 Å². The topological polar surface area (TPSA) is 38.5 Å². The second-order valence-corrected chi connectivity index (χ2v) is 3.21. The second kappa shape index (κ2) is 4.14. The van der Waals surface area contributed by atoms with Gasteiger partial charge in [-0.25, -0.2) is 0 Å². The number of benzene rings is 1. The minimum Gasteiger partial charge on any atom is -0.398 e. The molecule has 0 unspecified atom stereocenters. The van der Waals surface area contributed by atoms with Crippen LogP contribution in [0, 0.1) is 0 Å². The van der Waals surface area contributed by atoms with Crippen LogP contribution < -0.4 is 10.6 Å². The van der Waals surface area contributed by atoms with E-state index in [2.05, 4.69) is 0 Å². The van der Waals surface area contributed by atoms with Crippen LogP contribution in [0.4, 0.5) is 11.4 Å². The van der Waals surface area contributed by atoms with Gasteiger partial charge in [0.05, 0.1) is 6.61 Å². The van der Waals surface area contributed by atoms with Crippen LogP contribution in [0.25, 0.3) is 0 Å². The number of ether oxygens (including phenoxy) is 1. The Hall–Kier alpha value is -1.22. The van der Waals surface area contributed by atoms with Crippen LogP contribution in [0.2, 0.25) is 0 Å². The third kappa shape index (κ3) is 2.36. The summed E-state index contributed by atoms with van der Waals surface area (Å²) >= 11 is 0. The molecule has 3 heteroatoms. The molecule has 0 radical (unpaired) electrons. The molecule has 0 aliphatic heterocycles. The third-order valence-electron chi connectivity index (χ3n) is 1.95. The van der Waals surface area contributed by atoms with Crippen LogP contribution in [0.5, 0.6) is 0 Å². The molecule has 0 aromatic heterocycles. The zero-order valence-electron chi connectivity index (χ0n) is 8.37. The van der Waals surface area contributed by atoms with Crippen molar-refractivity contribution in [3.05, 3.63) is 23.8 Å². The summed E-state index contributed by atoms with van der Waals surface area (Å²) in [7, 11) is 5.65. The molecule has 1 aromatic rings. The first-order valence-electron chi connectivity index (χ1n) is 4.20. The van der Waals surface area contributed by atoms with Crippen molar-refractivity contribution in [2.45, 2.75) is 6.61 Å². The van der Waals surface area contributed by atoms with Crippen molar-refractivity contribution in [2.24, 2.45) is 0 Å². The smallest absolute Gasteiger partial charge is 0.0733 e. The highest BCUT2D eigenvalue weighted by Crippen LogP contribution is 2.20. The first-order chi connectivity index (χ1) is 6.15. The Kier molecular flexibility index (Phi) is 3.14. The highest BCUT2D eigenvalue weighted by molar-refractivity contribution is 5.59. The minimum atomic E-state index is 0.569. The number of methoxy groups -OCH3 is 1. The number of anilines is 2. The van der Waals surface area contributed by atoms with E-state index < -0.39 is 0 Å². The van der Waals surface area contributed by atoms with E-state index in [9.17, 15) is 0 Å². The second-order valence-electron chi connectivity index (χ2n) is 3.21. The van der Waals surface area contributed by atoms with Crippen molar-refractivity contribution in [1.82, 2.24) is 0 Å². The van der Waals surface area contributed by atoms with Gasteiger partial charge in [0.15, 0.2) is 0 Å². The molecule has 0 spiro atoms. The lowest BCUT2D eigenvalue weighted by Gasteiger charge is -2.14. The molecule has 0 aliphatic carbocycles. The first kappa shape index (κ1) is 9.86. The highest BCUT2D eigenvalue weighted by atomic mass is 16.5. The van der Waals surface area contributed by atoms with E-state index in [1.165, 1.54) is 0 Å². The van der Waals surface area contributed by atoms with Gasteiger partial charge in [0.1, 0.15) is 0 Å². The van der Waals surface area contributed by atoms with Gasteiger partial charge >= 0.3 is 0 Å². The predicted octanol–water partition coefficient (Wildman–Crippen LogP) is 1.48. The van der Waals surface area contributed by atoms with E-state index in [0.717, 1.165) is 16.9 Å². The van der Waals surface area contributed by atoms with Gasteiger partial charge in [-0.1, -0.05) is 6.07 Å². The number of hydrogen-bond acceptors (Lipinski definition) is 3. The van der Waals surface area contributed by atoms with E-state index in [4.69, 9.17) is 10.5 Å². The summed E-state index contributed by atoms with van der Waals surface area (Å²) in [5.74, 6) is 0. The SMILES string of the molecule is COCc1ccc(N(C)C)cc1N. The normalized spacial score (nSPS) is 10.1. The fourth-order valence-corrected chi connectivity index (χ4v) is 1.15. The van der Waals surface area contributed by atoms with E-state index >= 15 is 0 Å². The van der Waals surface area contributed by atoms with Gasteiger partial charge in [-0.2, -0.15) is 0 Å². The number of nitrogens with zero attached hydrogens (tertiary/aromatic N) is 1. The number of nitrogens with two attached hydrogens (primary N) is 1. The van der Waals surface area contributed by atoms with Crippen molar-refractivity contribution in [1.29, 1.82) is 0 Å². The van der Waals surface area contributed by atoms with E-state index in [0.29, 0.717) is 6.61 Å². The molecular formula is C10H16N2O. The fourth-order valence-electron chi connectivity index (χ4n) is 1.15. The summed E-state index contributed by atoms with van der Waals surface area (Å²) in [6.45, 7) is 0.569. The molecule has 1 rings (SSSR count). The molecule has 2 N–H and O–H groups in total. The lowest BCUT2D eigenvalue weighted by molar-refractivity contribution is 0.185. The van der Waals surface area contributed by atoms with Crippen molar-refractivity contribution in [2.75, 3.05) is 31.8 Å². The number of hydrogen-bond donors (Lipinski definition) is 1. The van der Waals surface area contributed by atoms with Crippen LogP contribution >= 0.6 is 0 Å². The summed E-state index contributed by atoms with van der Waals surface area (Å²) in [6.07, 6.45) is 0. The van der Waals surface area contributed by atoms with Crippen LogP contribution in [-0.4, -0.2) is 21.2 Å². The van der Waals surface area contributed by atoms with Crippen molar-refractivity contribution in [3.8, 4) is 0 Å². The maximum absolute atomic E-state index is 5.84. The van der Waals surface area contributed by atoms with Gasteiger partial charge in [0.25, 0.3) is 0 Å². The largest absolute Gasteiger partial charge is 0.398 e. The molecule has 0 saturated carbocycles. The van der Waals surface area contributed by atoms with Gasteiger partial charge in [-0.15, -0.1) is 0 Å². The zero-order valence-corrected chi connectivity index (χ0v) is 8.37. The summed E-state index contributed by atoms with van der Waals surface area (Å²) in [6, 6.07) is 5.98. The molecule has 13 heavy (non-hydrogen) atoms. The van der Waals surface area contributed by atoms with Gasteiger partial charge in [-0.05, 0) is 12.1 Å². The van der Waals surface area contributed by atoms with Gasteiger partial charge in [0, 0.05) is 38.1 Å². The van der Waals surface area contributed by atoms with E-state index in [-0.39, 0.29) is 0 Å². The molecule has 0 bridgehead atoms. The lowest BCUT2D eigenvalue weighted by Crippen LogP contribution is -2.09. The van der Waals surface area contributed by atoms with Gasteiger partial charge in [0.2, 0.25) is 0 Å². The quantitative estimate of drug-likeness (QED) is 0.716. The molecule has 0 amide bonds. The average molecular weight is 180 g/mol. The van der Waals surface area contributed by atoms with Crippen LogP contribution in [0.1, 0.15) is 5.56 Å². The average Bonchev–Trinajstić information content (AvgIpc) is 2.08. The zero-order chi connectivity index (χ0) is 9.84. The Labute approximate surface area is 79.1 Å². The summed E-state index contributed by atoms with van der Waals surface area (Å²) in [5.41, 5.74) is 8.77. The maximum Gasteiger partial charge on any atom is 0.0733 e. The van der Waals surface area contributed by atoms with Crippen molar-refractivity contribution >= 4 is 11.4 Å². The Morgan fingerprint density at radius 1 is 1.38 bits per heavy atom. The Balaban J connectivity index is 2.92. The molecule has 0 saturated heterocycles. The van der Waals surface area contributed by atoms with Gasteiger partial charge in [-0.3, -0.25) is 0 Å². The molecule has 0 heterocycles. The van der Waals surface area contributed by atoms with E-state index in [1.807, 2.05) is 37.2 Å². The predicted molar refractivity (Wildman–Crippen MR) is 55.9 cm³/mol. The molecule has 0 atom stereocenters. The highest BCUT2D eigenvalue weighted by Gasteiger charge is 2.01. The molecular weight excluding hydrogens is 164 g/mol. The molecule has 0 fully saturated rings. The van der Waals surface area contributed by atoms with Gasteiger partial charge < -0.3 is 15.4 Å². The Morgan fingerprint density at radius 3 is 2.54 bits per heavy atom. The summed E-state index contributed by atoms with van der Waals surface area (Å²) in [4.78, 5) is 2.02. The maximum atomic E-state index is 5.84. The Morgan fingerprint density at radius 2 is 2.08 bits per heavy atom. The van der Waals surface area contributed by atoms with E-state index in [1.54, 1.807) is 7.11 Å². The van der Waals surface area contributed by atoms with Crippen LogP contribution in [0.3, 0.4) is 0 Å². The van der Waals surface area contributed by atoms with Crippen molar-refractivity contribution < 1.29 is 4.74 Å². The number of rotatable bonds is 3. The summed E-state index contributed by atoms with van der Waals surface area (Å²) in [5, 5.41) is 0. The lowest BCUT2D eigenvalue weighted by atomic mass is 10.1. The molecule has 3 nitrogen and oxygen atoms in total. The monoisotopic (exact) mass is 180 g/mol. The molecule has 0 aliphatic rings. The van der Waals surface area contributed by atoms with Crippen LogP contribution in [-0.2, 0) is 11.3 Å². The van der Waals surface area contributed by atoms with Crippen molar-refractivity contribution in [3.63, 3.8) is 0 Å². The summed E-state index contributed by atoms with van der Waals surface area (Å²) < 4.78 is 5.02. The number of nitrogen functional groups attached to an aromatic ring is 1. The minimum absolute atomic E-state index is 0.569. The Bertz CT molecular complexity index is 284. The molecule has 72 valence electrons. The standard InChI is InChI=1S/C10H16N2O/c1-12(2)9-5-4-8(7-13-3)10(11)6-9/h4-6H,7,11H2,1-3H3.